The van der Waals surface area contributed by atoms with Gasteiger partial charge in [-0.15, -0.1) is 0 Å². The fourth-order valence-corrected chi connectivity index (χ4v) is 3.44. The third kappa shape index (κ3) is 5.81. The second-order valence-electron chi connectivity index (χ2n) is 7.54. The lowest BCUT2D eigenvalue weighted by molar-refractivity contribution is -0.132. The number of amides is 2. The molecule has 2 aromatic carbocycles. The van der Waals surface area contributed by atoms with Crippen LogP contribution >= 0.6 is 0 Å². The predicted molar refractivity (Wildman–Crippen MR) is 116 cm³/mol. The van der Waals surface area contributed by atoms with Crippen molar-refractivity contribution in [2.75, 3.05) is 58.3 Å². The topological polar surface area (TPSA) is 55.9 Å². The zero-order chi connectivity index (χ0) is 20.6. The smallest absolute Gasteiger partial charge is 0.254 e. The summed E-state index contributed by atoms with van der Waals surface area (Å²) in [7, 11) is 3.90. The molecule has 1 N–H and O–H groups in total. The summed E-state index contributed by atoms with van der Waals surface area (Å²) < 4.78 is 0. The van der Waals surface area contributed by atoms with Crippen LogP contribution in [0.3, 0.4) is 0 Å². The molecule has 29 heavy (non-hydrogen) atoms. The first kappa shape index (κ1) is 20.9. The molecular formula is C23H30N4O2. The zero-order valence-electron chi connectivity index (χ0n) is 17.3. The second-order valence-corrected chi connectivity index (χ2v) is 7.54. The van der Waals surface area contributed by atoms with Crippen LogP contribution in [0.5, 0.6) is 0 Å². The Labute approximate surface area is 173 Å². The quantitative estimate of drug-likeness (QED) is 0.779. The van der Waals surface area contributed by atoms with Crippen molar-refractivity contribution >= 4 is 17.5 Å². The molecule has 0 atom stereocenters. The maximum atomic E-state index is 13.3. The standard InChI is InChI=1S/C23H30N4O2/c1-25(2)21-10-6-9-20(17-21)23(29)27(14-11-19-7-4-3-5-8-19)18-22(28)26-15-12-24-13-16-26/h3-10,17,24H,11-16,18H2,1-2H3. The van der Waals surface area contributed by atoms with Crippen LogP contribution in [0.15, 0.2) is 54.6 Å². The van der Waals surface area contributed by atoms with Crippen molar-refractivity contribution in [3.63, 3.8) is 0 Å². The molecule has 6 nitrogen and oxygen atoms in total. The van der Waals surface area contributed by atoms with Crippen LogP contribution in [0.25, 0.3) is 0 Å². The number of anilines is 1. The van der Waals surface area contributed by atoms with E-state index >= 15 is 0 Å². The first-order valence-corrected chi connectivity index (χ1v) is 10.1. The monoisotopic (exact) mass is 394 g/mol. The van der Waals surface area contributed by atoms with E-state index in [1.54, 1.807) is 4.90 Å². The Morgan fingerprint density at radius 3 is 2.41 bits per heavy atom. The van der Waals surface area contributed by atoms with E-state index in [0.717, 1.165) is 30.8 Å². The SMILES string of the molecule is CN(C)c1cccc(C(=O)N(CCc2ccccc2)CC(=O)N2CCNCC2)c1. The van der Waals surface area contributed by atoms with E-state index in [-0.39, 0.29) is 18.4 Å². The van der Waals surface area contributed by atoms with Crippen LogP contribution in [-0.2, 0) is 11.2 Å². The summed E-state index contributed by atoms with van der Waals surface area (Å²) >= 11 is 0. The van der Waals surface area contributed by atoms with Gasteiger partial charge in [-0.25, -0.2) is 0 Å². The number of nitrogens with one attached hydrogen (secondary N) is 1. The maximum absolute atomic E-state index is 13.3. The molecule has 2 amide bonds. The average Bonchev–Trinajstić information content (AvgIpc) is 2.77. The molecule has 1 heterocycles. The van der Waals surface area contributed by atoms with Gasteiger partial charge in [-0.05, 0) is 30.2 Å². The van der Waals surface area contributed by atoms with Crippen LogP contribution in [0.2, 0.25) is 0 Å². The van der Waals surface area contributed by atoms with Crippen LogP contribution in [0.1, 0.15) is 15.9 Å². The van der Waals surface area contributed by atoms with Gasteiger partial charge < -0.3 is 20.0 Å². The van der Waals surface area contributed by atoms with Gasteiger partial charge in [0, 0.05) is 58.1 Å². The Balaban J connectivity index is 1.76. The molecule has 1 fully saturated rings. The highest BCUT2D eigenvalue weighted by Gasteiger charge is 2.23. The van der Waals surface area contributed by atoms with E-state index in [0.29, 0.717) is 25.2 Å². The third-order valence-corrected chi connectivity index (χ3v) is 5.21. The van der Waals surface area contributed by atoms with Gasteiger partial charge in [-0.3, -0.25) is 9.59 Å². The molecule has 2 aromatic rings. The minimum Gasteiger partial charge on any atom is -0.378 e. The minimum absolute atomic E-state index is 0.0108. The Morgan fingerprint density at radius 1 is 1.00 bits per heavy atom. The van der Waals surface area contributed by atoms with Crippen LogP contribution < -0.4 is 10.2 Å². The van der Waals surface area contributed by atoms with E-state index < -0.39 is 0 Å². The zero-order valence-corrected chi connectivity index (χ0v) is 17.3. The molecule has 0 spiro atoms. The fraction of sp³-hybridized carbons (Fsp3) is 0.391. The molecule has 1 saturated heterocycles. The molecule has 0 aromatic heterocycles. The molecule has 0 aliphatic carbocycles. The van der Waals surface area contributed by atoms with Gasteiger partial charge in [0.2, 0.25) is 5.91 Å². The van der Waals surface area contributed by atoms with E-state index in [4.69, 9.17) is 0 Å². The summed E-state index contributed by atoms with van der Waals surface area (Å²) in [6, 6.07) is 17.6. The lowest BCUT2D eigenvalue weighted by Gasteiger charge is -2.30. The van der Waals surface area contributed by atoms with Crippen molar-refractivity contribution in [2.45, 2.75) is 6.42 Å². The fourth-order valence-electron chi connectivity index (χ4n) is 3.44. The molecule has 0 bridgehead atoms. The summed E-state index contributed by atoms with van der Waals surface area (Å²) in [4.78, 5) is 31.6. The highest BCUT2D eigenvalue weighted by atomic mass is 16.2. The highest BCUT2D eigenvalue weighted by Crippen LogP contribution is 2.16. The number of hydrogen-bond acceptors (Lipinski definition) is 4. The number of carbonyl (C=O) groups excluding carboxylic acids is 2. The van der Waals surface area contributed by atoms with Crippen molar-refractivity contribution in [3.8, 4) is 0 Å². The molecule has 154 valence electrons. The van der Waals surface area contributed by atoms with Crippen LogP contribution in [-0.4, -0.2) is 75.0 Å². The number of carbonyl (C=O) groups is 2. The molecule has 3 rings (SSSR count). The largest absolute Gasteiger partial charge is 0.378 e. The minimum atomic E-state index is -0.104. The van der Waals surface area contributed by atoms with Gasteiger partial charge in [0.15, 0.2) is 0 Å². The highest BCUT2D eigenvalue weighted by molar-refractivity contribution is 5.97. The van der Waals surface area contributed by atoms with Gasteiger partial charge in [0.1, 0.15) is 6.54 Å². The van der Waals surface area contributed by atoms with Crippen molar-refractivity contribution in [2.24, 2.45) is 0 Å². The van der Waals surface area contributed by atoms with Gasteiger partial charge in [0.05, 0.1) is 0 Å². The van der Waals surface area contributed by atoms with Crippen LogP contribution in [0, 0.1) is 0 Å². The molecule has 6 heteroatoms. The molecule has 0 saturated carbocycles. The summed E-state index contributed by atoms with van der Waals surface area (Å²) in [6.45, 7) is 3.60. The Hall–Kier alpha value is -2.86. The van der Waals surface area contributed by atoms with E-state index in [9.17, 15) is 9.59 Å². The molecule has 1 aliphatic heterocycles. The normalized spacial score (nSPS) is 13.8. The Morgan fingerprint density at radius 2 is 1.72 bits per heavy atom. The van der Waals surface area contributed by atoms with Crippen LogP contribution in [0.4, 0.5) is 5.69 Å². The molecule has 1 aliphatic rings. The van der Waals surface area contributed by atoms with Gasteiger partial charge in [-0.2, -0.15) is 0 Å². The Bertz CT molecular complexity index is 817. The number of hydrogen-bond donors (Lipinski definition) is 1. The third-order valence-electron chi connectivity index (χ3n) is 5.21. The van der Waals surface area contributed by atoms with Crippen molar-refractivity contribution in [1.29, 1.82) is 0 Å². The molecule has 0 unspecified atom stereocenters. The first-order valence-electron chi connectivity index (χ1n) is 10.1. The van der Waals surface area contributed by atoms with Crippen molar-refractivity contribution in [1.82, 2.24) is 15.1 Å². The summed E-state index contributed by atoms with van der Waals surface area (Å²) in [5.74, 6) is -0.0928. The van der Waals surface area contributed by atoms with E-state index in [1.165, 1.54) is 0 Å². The maximum Gasteiger partial charge on any atom is 0.254 e. The summed E-state index contributed by atoms with van der Waals surface area (Å²) in [5, 5.41) is 3.26. The lowest BCUT2D eigenvalue weighted by Crippen LogP contribution is -2.50. The second kappa shape index (κ2) is 10.1. The first-order chi connectivity index (χ1) is 14.0. The number of benzene rings is 2. The number of nitrogens with zero attached hydrogens (tertiary/aromatic N) is 3. The summed E-state index contributed by atoms with van der Waals surface area (Å²) in [6.07, 6.45) is 0.717. The molecule has 0 radical (unpaired) electrons. The van der Waals surface area contributed by atoms with Crippen molar-refractivity contribution < 1.29 is 9.59 Å². The van der Waals surface area contributed by atoms with Gasteiger partial charge in [-0.1, -0.05) is 36.4 Å². The average molecular weight is 395 g/mol. The van der Waals surface area contributed by atoms with E-state index in [2.05, 4.69) is 5.32 Å². The number of piperazine rings is 1. The van der Waals surface area contributed by atoms with E-state index in [1.807, 2.05) is 78.5 Å². The predicted octanol–water partition coefficient (Wildman–Crippen LogP) is 1.87. The van der Waals surface area contributed by atoms with Gasteiger partial charge >= 0.3 is 0 Å². The summed E-state index contributed by atoms with van der Waals surface area (Å²) in [5.41, 5.74) is 2.73. The van der Waals surface area contributed by atoms with Gasteiger partial charge in [0.25, 0.3) is 5.91 Å². The Kier molecular flexibility index (Phi) is 7.25. The molecular weight excluding hydrogens is 364 g/mol. The lowest BCUT2D eigenvalue weighted by atomic mass is 10.1. The number of rotatable bonds is 7. The van der Waals surface area contributed by atoms with Crippen molar-refractivity contribution in [3.05, 3.63) is 65.7 Å².